The number of nitrogens with one attached hydrogen (secondary N) is 1. The van der Waals surface area contributed by atoms with E-state index in [2.05, 4.69) is 18.0 Å². The van der Waals surface area contributed by atoms with Gasteiger partial charge in [-0.25, -0.2) is 4.79 Å². The lowest BCUT2D eigenvalue weighted by atomic mass is 10.1. The number of alkyl carbamates (subject to hydrolysis) is 1. The number of ether oxygens (including phenoxy) is 3. The molecule has 0 unspecified atom stereocenters. The molecule has 30 heavy (non-hydrogen) atoms. The molecule has 0 radical (unpaired) electrons. The van der Waals surface area contributed by atoms with E-state index >= 15 is 0 Å². The van der Waals surface area contributed by atoms with Gasteiger partial charge in [-0.15, -0.1) is 0 Å². The predicted octanol–water partition coefficient (Wildman–Crippen LogP) is 5.56. The monoisotopic (exact) mass is 403 g/mol. The van der Waals surface area contributed by atoms with E-state index in [4.69, 9.17) is 14.2 Å². The average molecular weight is 403 g/mol. The van der Waals surface area contributed by atoms with Crippen LogP contribution in [-0.4, -0.2) is 12.7 Å². The van der Waals surface area contributed by atoms with Gasteiger partial charge in [-0.05, 0) is 66.1 Å². The zero-order valence-corrected chi connectivity index (χ0v) is 17.0. The van der Waals surface area contributed by atoms with E-state index in [0.717, 1.165) is 28.2 Å². The average Bonchev–Trinajstić information content (AvgIpc) is 2.78. The Morgan fingerprint density at radius 2 is 1.43 bits per heavy atom. The molecule has 0 aliphatic rings. The van der Waals surface area contributed by atoms with Crippen LogP contribution in [0, 0.1) is 0 Å². The molecule has 1 amide bonds. The molecule has 3 aromatic rings. The van der Waals surface area contributed by atoms with Crippen LogP contribution in [0.25, 0.3) is 5.70 Å². The Bertz CT molecular complexity index is 968. The first-order chi connectivity index (χ1) is 14.6. The van der Waals surface area contributed by atoms with Crippen LogP contribution < -0.4 is 14.8 Å². The van der Waals surface area contributed by atoms with Crippen molar-refractivity contribution in [2.45, 2.75) is 20.1 Å². The second-order valence-electron chi connectivity index (χ2n) is 6.56. The maximum atomic E-state index is 11.5. The summed E-state index contributed by atoms with van der Waals surface area (Å²) in [5.41, 5.74) is 3.40. The minimum absolute atomic E-state index is 0.311. The maximum absolute atomic E-state index is 11.5. The highest BCUT2D eigenvalue weighted by Gasteiger charge is 2.06. The topological polar surface area (TPSA) is 56.8 Å². The van der Waals surface area contributed by atoms with Gasteiger partial charge in [0.2, 0.25) is 0 Å². The fourth-order valence-electron chi connectivity index (χ4n) is 2.77. The number of amides is 1. The van der Waals surface area contributed by atoms with Crippen LogP contribution in [-0.2, 0) is 18.0 Å². The Kier molecular flexibility index (Phi) is 7.50. The summed E-state index contributed by atoms with van der Waals surface area (Å²) in [6, 6.07) is 25.2. The van der Waals surface area contributed by atoms with Crippen molar-refractivity contribution in [2.75, 3.05) is 6.61 Å². The third-order valence-electron chi connectivity index (χ3n) is 4.28. The fourth-order valence-corrected chi connectivity index (χ4v) is 2.77. The highest BCUT2D eigenvalue weighted by Crippen LogP contribution is 2.18. The molecule has 0 saturated carbocycles. The van der Waals surface area contributed by atoms with Crippen molar-refractivity contribution < 1.29 is 19.0 Å². The summed E-state index contributed by atoms with van der Waals surface area (Å²) in [5.74, 6) is 1.58. The number of carbonyl (C=O) groups excluding carboxylic acids is 1. The lowest BCUT2D eigenvalue weighted by molar-refractivity contribution is 0.157. The lowest BCUT2D eigenvalue weighted by Crippen LogP contribution is -2.22. The molecule has 0 heterocycles. The standard InChI is InChI=1S/C25H25NO4/c1-3-28-25(27)26-19(2)22-12-14-24(15-13-22)30-18-21-9-7-8-20(16-21)17-29-23-10-5-4-6-11-23/h4-16H,2-3,17-18H2,1H3,(H,26,27). The lowest BCUT2D eigenvalue weighted by Gasteiger charge is -2.11. The van der Waals surface area contributed by atoms with Crippen molar-refractivity contribution in [1.29, 1.82) is 0 Å². The van der Waals surface area contributed by atoms with E-state index < -0.39 is 6.09 Å². The van der Waals surface area contributed by atoms with Gasteiger partial charge in [-0.2, -0.15) is 0 Å². The molecule has 0 aliphatic heterocycles. The smallest absolute Gasteiger partial charge is 0.411 e. The van der Waals surface area contributed by atoms with Crippen molar-refractivity contribution in [2.24, 2.45) is 0 Å². The van der Waals surface area contributed by atoms with E-state index in [1.807, 2.05) is 72.8 Å². The SMILES string of the molecule is C=C(NC(=O)OCC)c1ccc(OCc2cccc(COc3ccccc3)c2)cc1. The van der Waals surface area contributed by atoms with Crippen molar-refractivity contribution in [3.05, 3.63) is 102 Å². The molecule has 3 aromatic carbocycles. The molecule has 3 rings (SSSR count). The molecule has 0 bridgehead atoms. The first-order valence-electron chi connectivity index (χ1n) is 9.75. The van der Waals surface area contributed by atoms with Gasteiger partial charge in [0, 0.05) is 5.70 Å². The molecule has 5 nitrogen and oxygen atoms in total. The number of rotatable bonds is 9. The van der Waals surface area contributed by atoms with Gasteiger partial charge in [0.25, 0.3) is 0 Å². The minimum atomic E-state index is -0.515. The molecular weight excluding hydrogens is 378 g/mol. The highest BCUT2D eigenvalue weighted by molar-refractivity contribution is 5.80. The van der Waals surface area contributed by atoms with Gasteiger partial charge in [-0.3, -0.25) is 5.32 Å². The van der Waals surface area contributed by atoms with Crippen LogP contribution in [0.2, 0.25) is 0 Å². The van der Waals surface area contributed by atoms with Crippen LogP contribution in [0.5, 0.6) is 11.5 Å². The zero-order valence-electron chi connectivity index (χ0n) is 17.0. The number of para-hydroxylation sites is 1. The van der Waals surface area contributed by atoms with E-state index in [9.17, 15) is 4.79 Å². The van der Waals surface area contributed by atoms with Gasteiger partial charge in [0.15, 0.2) is 0 Å². The number of carbonyl (C=O) groups is 1. The van der Waals surface area contributed by atoms with Gasteiger partial charge >= 0.3 is 6.09 Å². The highest BCUT2D eigenvalue weighted by atomic mass is 16.5. The Morgan fingerprint density at radius 3 is 2.03 bits per heavy atom. The van der Waals surface area contributed by atoms with E-state index in [1.165, 1.54) is 0 Å². The summed E-state index contributed by atoms with van der Waals surface area (Å²) in [4.78, 5) is 11.5. The second kappa shape index (κ2) is 10.7. The largest absolute Gasteiger partial charge is 0.489 e. The van der Waals surface area contributed by atoms with Crippen molar-refractivity contribution in [3.63, 3.8) is 0 Å². The summed E-state index contributed by atoms with van der Waals surface area (Å²) in [5, 5.41) is 2.60. The summed E-state index contributed by atoms with van der Waals surface area (Å²) < 4.78 is 16.5. The van der Waals surface area contributed by atoms with E-state index in [0.29, 0.717) is 25.5 Å². The third kappa shape index (κ3) is 6.41. The van der Waals surface area contributed by atoms with Crippen LogP contribution in [0.15, 0.2) is 85.4 Å². The first kappa shape index (κ1) is 21.0. The summed E-state index contributed by atoms with van der Waals surface area (Å²) in [7, 11) is 0. The Morgan fingerprint density at radius 1 is 0.833 bits per heavy atom. The zero-order chi connectivity index (χ0) is 21.2. The number of hydrogen-bond donors (Lipinski definition) is 1. The summed E-state index contributed by atoms with van der Waals surface area (Å²) >= 11 is 0. The molecule has 0 aliphatic carbocycles. The fraction of sp³-hybridized carbons (Fsp3) is 0.160. The van der Waals surface area contributed by atoms with E-state index in [1.54, 1.807) is 6.92 Å². The predicted molar refractivity (Wildman–Crippen MR) is 117 cm³/mol. The molecule has 0 saturated heterocycles. The third-order valence-corrected chi connectivity index (χ3v) is 4.28. The van der Waals surface area contributed by atoms with Crippen molar-refractivity contribution in [3.8, 4) is 11.5 Å². The molecule has 5 heteroatoms. The molecule has 0 atom stereocenters. The Balaban J connectivity index is 1.51. The number of benzene rings is 3. The van der Waals surface area contributed by atoms with E-state index in [-0.39, 0.29) is 0 Å². The Labute approximate surface area is 176 Å². The summed E-state index contributed by atoms with van der Waals surface area (Å²) in [6.07, 6.45) is -0.515. The molecule has 0 spiro atoms. The van der Waals surface area contributed by atoms with Gasteiger partial charge in [-0.1, -0.05) is 43.0 Å². The molecule has 1 N–H and O–H groups in total. The Hall–Kier alpha value is -3.73. The maximum Gasteiger partial charge on any atom is 0.411 e. The van der Waals surface area contributed by atoms with Gasteiger partial charge < -0.3 is 14.2 Å². The number of hydrogen-bond acceptors (Lipinski definition) is 4. The van der Waals surface area contributed by atoms with Crippen LogP contribution in [0.4, 0.5) is 4.79 Å². The first-order valence-corrected chi connectivity index (χ1v) is 9.75. The summed E-state index contributed by atoms with van der Waals surface area (Å²) in [6.45, 7) is 6.86. The quantitative estimate of drug-likeness (QED) is 0.508. The van der Waals surface area contributed by atoms with Crippen LogP contribution >= 0.6 is 0 Å². The molecule has 0 aromatic heterocycles. The van der Waals surface area contributed by atoms with Crippen molar-refractivity contribution >= 4 is 11.8 Å². The molecule has 0 fully saturated rings. The second-order valence-corrected chi connectivity index (χ2v) is 6.56. The normalized spacial score (nSPS) is 10.2. The van der Waals surface area contributed by atoms with Gasteiger partial charge in [0.1, 0.15) is 24.7 Å². The molecule has 154 valence electrons. The minimum Gasteiger partial charge on any atom is -0.489 e. The van der Waals surface area contributed by atoms with Crippen LogP contribution in [0.1, 0.15) is 23.6 Å². The van der Waals surface area contributed by atoms with Crippen molar-refractivity contribution in [1.82, 2.24) is 5.32 Å². The van der Waals surface area contributed by atoms with Gasteiger partial charge in [0.05, 0.1) is 6.61 Å². The molecular formula is C25H25NO4. The van der Waals surface area contributed by atoms with Crippen LogP contribution in [0.3, 0.4) is 0 Å².